The zero-order valence-corrected chi connectivity index (χ0v) is 15.6. The van der Waals surface area contributed by atoms with E-state index in [1.165, 1.54) is 19.2 Å². The molecule has 0 spiro atoms. The lowest BCUT2D eigenvalue weighted by Gasteiger charge is -2.12. The fraction of sp³-hybridized carbons (Fsp3) is 0.158. The zero-order chi connectivity index (χ0) is 18.9. The Labute approximate surface area is 161 Å². The summed E-state index contributed by atoms with van der Waals surface area (Å²) in [6.45, 7) is 0.681. The monoisotopic (exact) mass is 392 g/mol. The fourth-order valence-electron chi connectivity index (χ4n) is 2.10. The zero-order valence-electron chi connectivity index (χ0n) is 14.1. The minimum Gasteiger partial charge on any atom is -0.383 e. The third-order valence-corrected chi connectivity index (χ3v) is 3.92. The van der Waals surface area contributed by atoms with Crippen LogP contribution in [0.4, 0.5) is 0 Å². The molecular weight excluding hydrogens is 375 g/mol. The lowest BCUT2D eigenvalue weighted by molar-refractivity contribution is -0.117. The van der Waals surface area contributed by atoms with Crippen LogP contribution in [-0.4, -0.2) is 32.1 Å². The van der Waals surface area contributed by atoms with Crippen molar-refractivity contribution in [3.63, 3.8) is 0 Å². The van der Waals surface area contributed by atoms with E-state index in [1.807, 2.05) is 30.3 Å². The van der Waals surface area contributed by atoms with Crippen molar-refractivity contribution < 1.29 is 14.3 Å². The summed E-state index contributed by atoms with van der Waals surface area (Å²) >= 11 is 11.9. The Bertz CT molecular complexity index is 808. The van der Waals surface area contributed by atoms with E-state index >= 15 is 0 Å². The molecule has 2 aromatic rings. The maximum Gasteiger partial charge on any atom is 0.267 e. The molecule has 5 nitrogen and oxygen atoms in total. The maximum atomic E-state index is 12.5. The third-order valence-electron chi connectivity index (χ3n) is 3.37. The van der Waals surface area contributed by atoms with Crippen LogP contribution in [0.25, 0.3) is 6.08 Å². The molecule has 2 amide bonds. The number of amides is 2. The first-order valence-electron chi connectivity index (χ1n) is 7.81. The van der Waals surface area contributed by atoms with Crippen molar-refractivity contribution in [2.45, 2.75) is 0 Å². The van der Waals surface area contributed by atoms with E-state index < -0.39 is 11.8 Å². The van der Waals surface area contributed by atoms with E-state index in [2.05, 4.69) is 10.6 Å². The van der Waals surface area contributed by atoms with Gasteiger partial charge in [0.05, 0.1) is 17.2 Å². The second-order valence-electron chi connectivity index (χ2n) is 5.30. The molecular formula is C19H18Cl2N2O3. The molecule has 0 aliphatic heterocycles. The average Bonchev–Trinajstić information content (AvgIpc) is 2.62. The van der Waals surface area contributed by atoms with Crippen molar-refractivity contribution in [1.82, 2.24) is 10.6 Å². The van der Waals surface area contributed by atoms with Gasteiger partial charge in [0.2, 0.25) is 0 Å². The Kier molecular flexibility index (Phi) is 7.66. The van der Waals surface area contributed by atoms with Crippen LogP contribution in [0.1, 0.15) is 15.9 Å². The summed E-state index contributed by atoms with van der Waals surface area (Å²) in [5, 5.41) is 5.92. The summed E-state index contributed by atoms with van der Waals surface area (Å²) in [5.41, 5.74) is 1.09. The minimum atomic E-state index is -0.504. The van der Waals surface area contributed by atoms with E-state index in [0.717, 1.165) is 5.56 Å². The van der Waals surface area contributed by atoms with Gasteiger partial charge in [0.15, 0.2) is 0 Å². The first-order valence-corrected chi connectivity index (χ1v) is 8.57. The molecule has 0 aromatic heterocycles. The molecule has 136 valence electrons. The summed E-state index contributed by atoms with van der Waals surface area (Å²) in [7, 11) is 1.54. The predicted molar refractivity (Wildman–Crippen MR) is 103 cm³/mol. The van der Waals surface area contributed by atoms with Crippen molar-refractivity contribution in [3.05, 3.63) is 75.4 Å². The van der Waals surface area contributed by atoms with Gasteiger partial charge < -0.3 is 15.4 Å². The van der Waals surface area contributed by atoms with Crippen molar-refractivity contribution in [2.24, 2.45) is 0 Å². The Morgan fingerprint density at radius 3 is 2.50 bits per heavy atom. The van der Waals surface area contributed by atoms with Gasteiger partial charge in [-0.3, -0.25) is 9.59 Å². The molecule has 2 aromatic carbocycles. The summed E-state index contributed by atoms with van der Waals surface area (Å²) in [6, 6.07) is 13.7. The molecule has 2 rings (SSSR count). The quantitative estimate of drug-likeness (QED) is 0.559. The van der Waals surface area contributed by atoms with E-state index in [-0.39, 0.29) is 16.3 Å². The first kappa shape index (κ1) is 20.0. The highest BCUT2D eigenvalue weighted by Gasteiger charge is 2.16. The van der Waals surface area contributed by atoms with Crippen LogP contribution in [0.5, 0.6) is 0 Å². The maximum absolute atomic E-state index is 12.5. The summed E-state index contributed by atoms with van der Waals surface area (Å²) < 4.78 is 4.92. The highest BCUT2D eigenvalue weighted by atomic mass is 35.5. The molecule has 0 aliphatic carbocycles. The molecule has 0 fully saturated rings. The van der Waals surface area contributed by atoms with Gasteiger partial charge in [-0.1, -0.05) is 53.5 Å². The number of methoxy groups -OCH3 is 1. The molecule has 0 saturated heterocycles. The second kappa shape index (κ2) is 9.97. The number of benzene rings is 2. The highest BCUT2D eigenvalue weighted by Crippen LogP contribution is 2.21. The van der Waals surface area contributed by atoms with Crippen LogP contribution >= 0.6 is 23.2 Å². The molecule has 0 unspecified atom stereocenters. The number of hydrogen-bond acceptors (Lipinski definition) is 3. The molecule has 0 aliphatic rings. The van der Waals surface area contributed by atoms with Crippen molar-refractivity contribution in [3.8, 4) is 0 Å². The lowest BCUT2D eigenvalue weighted by Crippen LogP contribution is -2.36. The van der Waals surface area contributed by atoms with Gasteiger partial charge in [0, 0.05) is 18.7 Å². The molecule has 0 saturated carbocycles. The first-order chi connectivity index (χ1) is 12.5. The van der Waals surface area contributed by atoms with Gasteiger partial charge in [-0.2, -0.15) is 0 Å². The van der Waals surface area contributed by atoms with E-state index in [0.29, 0.717) is 18.2 Å². The number of ether oxygens (including phenoxy) is 1. The number of carbonyl (C=O) groups excluding carboxylic acids is 2. The number of carbonyl (C=O) groups is 2. The largest absolute Gasteiger partial charge is 0.383 e. The van der Waals surface area contributed by atoms with Gasteiger partial charge >= 0.3 is 0 Å². The van der Waals surface area contributed by atoms with Gasteiger partial charge in [0.25, 0.3) is 11.8 Å². The average molecular weight is 393 g/mol. The van der Waals surface area contributed by atoms with E-state index in [4.69, 9.17) is 27.9 Å². The lowest BCUT2D eigenvalue weighted by atomic mass is 10.1. The SMILES string of the molecule is COCCNC(=O)C(=Cc1ccccc1)NC(=O)c1ccc(Cl)cc1Cl. The number of nitrogens with one attached hydrogen (secondary N) is 2. The molecule has 7 heteroatoms. The molecule has 0 atom stereocenters. The predicted octanol–water partition coefficient (Wildman–Crippen LogP) is 3.53. The van der Waals surface area contributed by atoms with Gasteiger partial charge in [-0.15, -0.1) is 0 Å². The highest BCUT2D eigenvalue weighted by molar-refractivity contribution is 6.36. The van der Waals surface area contributed by atoms with E-state index in [1.54, 1.807) is 12.1 Å². The van der Waals surface area contributed by atoms with Crippen LogP contribution in [0.15, 0.2) is 54.2 Å². The van der Waals surface area contributed by atoms with Crippen LogP contribution in [0.2, 0.25) is 10.0 Å². The molecule has 2 N–H and O–H groups in total. The van der Waals surface area contributed by atoms with Crippen LogP contribution in [0.3, 0.4) is 0 Å². The van der Waals surface area contributed by atoms with Crippen molar-refractivity contribution >= 4 is 41.1 Å². The molecule has 0 heterocycles. The van der Waals surface area contributed by atoms with Gasteiger partial charge in [-0.25, -0.2) is 0 Å². The standard InChI is InChI=1S/C19H18Cl2N2O3/c1-26-10-9-22-19(25)17(11-13-5-3-2-4-6-13)23-18(24)15-8-7-14(20)12-16(15)21/h2-8,11-12H,9-10H2,1H3,(H,22,25)(H,23,24). The summed E-state index contributed by atoms with van der Waals surface area (Å²) in [6.07, 6.45) is 1.59. The van der Waals surface area contributed by atoms with Gasteiger partial charge in [0.1, 0.15) is 5.70 Å². The fourth-order valence-corrected chi connectivity index (χ4v) is 2.59. The van der Waals surface area contributed by atoms with Gasteiger partial charge in [-0.05, 0) is 29.8 Å². The molecule has 26 heavy (non-hydrogen) atoms. The Morgan fingerprint density at radius 1 is 1.12 bits per heavy atom. The Balaban J connectivity index is 2.24. The summed E-state index contributed by atoms with van der Waals surface area (Å²) in [5.74, 6) is -0.930. The normalized spacial score (nSPS) is 11.1. The Hall–Kier alpha value is -2.34. The van der Waals surface area contributed by atoms with Crippen LogP contribution < -0.4 is 10.6 Å². The molecule has 0 radical (unpaired) electrons. The smallest absolute Gasteiger partial charge is 0.267 e. The minimum absolute atomic E-state index is 0.100. The third kappa shape index (κ3) is 5.88. The number of rotatable bonds is 7. The second-order valence-corrected chi connectivity index (χ2v) is 6.14. The Morgan fingerprint density at radius 2 is 1.85 bits per heavy atom. The topological polar surface area (TPSA) is 67.4 Å². The van der Waals surface area contributed by atoms with Crippen LogP contribution in [-0.2, 0) is 9.53 Å². The molecule has 0 bridgehead atoms. The van der Waals surface area contributed by atoms with Crippen LogP contribution in [0, 0.1) is 0 Å². The number of halogens is 2. The van der Waals surface area contributed by atoms with Crippen molar-refractivity contribution in [1.29, 1.82) is 0 Å². The summed E-state index contributed by atoms with van der Waals surface area (Å²) in [4.78, 5) is 25.0. The van der Waals surface area contributed by atoms with Crippen molar-refractivity contribution in [2.75, 3.05) is 20.3 Å². The van der Waals surface area contributed by atoms with E-state index in [9.17, 15) is 9.59 Å². The number of hydrogen-bond donors (Lipinski definition) is 2.